The Balaban J connectivity index is 2.05. The molecule has 0 heterocycles. The lowest BCUT2D eigenvalue weighted by Crippen LogP contribution is -2.10. The van der Waals surface area contributed by atoms with Crippen molar-refractivity contribution in [2.45, 2.75) is 64.2 Å². The van der Waals surface area contributed by atoms with Crippen molar-refractivity contribution in [1.82, 2.24) is 0 Å². The van der Waals surface area contributed by atoms with Gasteiger partial charge in [-0.3, -0.25) is 4.79 Å². The lowest BCUT2D eigenvalue weighted by Gasteiger charge is -2.13. The maximum atomic E-state index is 12.1. The van der Waals surface area contributed by atoms with Gasteiger partial charge in [0.2, 0.25) is 0 Å². The smallest absolute Gasteiger partial charge is 0.140 e. The molecule has 0 radical (unpaired) electrons. The molecule has 18 heavy (non-hydrogen) atoms. The summed E-state index contributed by atoms with van der Waals surface area (Å²) in [5, 5.41) is 0. The van der Waals surface area contributed by atoms with E-state index in [-0.39, 0.29) is 5.92 Å². The normalized spacial score (nSPS) is 20.7. The zero-order valence-electron chi connectivity index (χ0n) is 11.5. The fraction of sp³-hybridized carbons (Fsp3) is 0.588. The molecule has 1 aromatic rings. The molecule has 1 fully saturated rings. The Morgan fingerprint density at radius 1 is 1.11 bits per heavy atom. The molecule has 1 aliphatic rings. The number of hydrogen-bond acceptors (Lipinski definition) is 1. The second-order valence-corrected chi connectivity index (χ2v) is 5.46. The molecule has 1 heteroatoms. The van der Waals surface area contributed by atoms with Crippen molar-refractivity contribution in [2.75, 3.05) is 0 Å². The Bertz CT molecular complexity index is 377. The molecule has 1 aromatic carbocycles. The van der Waals surface area contributed by atoms with Gasteiger partial charge in [0.15, 0.2) is 0 Å². The van der Waals surface area contributed by atoms with Crippen LogP contribution in [0.4, 0.5) is 0 Å². The molecule has 98 valence electrons. The van der Waals surface area contributed by atoms with Gasteiger partial charge in [-0.1, -0.05) is 50.5 Å². The van der Waals surface area contributed by atoms with Crippen LogP contribution in [0.25, 0.3) is 0 Å². The number of rotatable bonds is 4. The number of Topliss-reactive ketones (excluding diaryl/α,β-unsaturated/α-hetero) is 1. The number of carbonyl (C=O) groups is 1. The average Bonchev–Trinajstić information content (AvgIpc) is 2.62. The number of ketones is 1. The van der Waals surface area contributed by atoms with Crippen molar-refractivity contribution in [1.29, 1.82) is 0 Å². The molecule has 0 aromatic heterocycles. The van der Waals surface area contributed by atoms with Crippen molar-refractivity contribution < 1.29 is 4.79 Å². The summed E-state index contributed by atoms with van der Waals surface area (Å²) < 4.78 is 0. The second-order valence-electron chi connectivity index (χ2n) is 5.46. The molecule has 1 saturated carbocycles. The molecule has 0 bridgehead atoms. The van der Waals surface area contributed by atoms with E-state index >= 15 is 0 Å². The highest BCUT2D eigenvalue weighted by molar-refractivity contribution is 5.85. The van der Waals surface area contributed by atoms with Crippen molar-refractivity contribution in [3.63, 3.8) is 0 Å². The first-order chi connectivity index (χ1) is 8.81. The Kier molecular flexibility index (Phi) is 4.98. The highest BCUT2D eigenvalue weighted by Crippen LogP contribution is 2.29. The van der Waals surface area contributed by atoms with Gasteiger partial charge < -0.3 is 0 Å². The maximum Gasteiger partial charge on any atom is 0.140 e. The predicted octanol–water partition coefficient (Wildman–Crippen LogP) is 4.65. The number of aryl methyl sites for hydroxylation is 1. The molecule has 1 unspecified atom stereocenters. The van der Waals surface area contributed by atoms with Crippen LogP contribution in [0.5, 0.6) is 0 Å². The zero-order chi connectivity index (χ0) is 12.8. The third-order valence-corrected chi connectivity index (χ3v) is 4.01. The number of unbranched alkanes of at least 4 members (excludes halogenated alkanes) is 1. The van der Waals surface area contributed by atoms with Crippen LogP contribution in [-0.4, -0.2) is 5.78 Å². The van der Waals surface area contributed by atoms with Crippen molar-refractivity contribution in [2.24, 2.45) is 0 Å². The van der Waals surface area contributed by atoms with Crippen LogP contribution in [0.3, 0.4) is 0 Å². The summed E-state index contributed by atoms with van der Waals surface area (Å²) in [5.74, 6) is 0.626. The molecule has 1 aliphatic carbocycles. The summed E-state index contributed by atoms with van der Waals surface area (Å²) in [6.45, 7) is 2.22. The quantitative estimate of drug-likeness (QED) is 0.705. The number of carbonyl (C=O) groups excluding carboxylic acids is 1. The highest BCUT2D eigenvalue weighted by Gasteiger charge is 2.22. The first kappa shape index (κ1) is 13.3. The van der Waals surface area contributed by atoms with Gasteiger partial charge in [-0.25, -0.2) is 0 Å². The van der Waals surface area contributed by atoms with Gasteiger partial charge in [-0.05, 0) is 36.8 Å². The van der Waals surface area contributed by atoms with E-state index < -0.39 is 0 Å². The van der Waals surface area contributed by atoms with E-state index in [9.17, 15) is 4.79 Å². The maximum absolute atomic E-state index is 12.1. The molecule has 0 spiro atoms. The van der Waals surface area contributed by atoms with Crippen LogP contribution >= 0.6 is 0 Å². The van der Waals surface area contributed by atoms with Crippen molar-refractivity contribution in [3.8, 4) is 0 Å². The lowest BCUT2D eigenvalue weighted by molar-refractivity contribution is -0.120. The van der Waals surface area contributed by atoms with E-state index in [4.69, 9.17) is 0 Å². The van der Waals surface area contributed by atoms with Gasteiger partial charge >= 0.3 is 0 Å². The van der Waals surface area contributed by atoms with E-state index in [1.54, 1.807) is 0 Å². The van der Waals surface area contributed by atoms with Crippen LogP contribution < -0.4 is 0 Å². The standard InChI is InChI=1S/C17H24O/c1-2-3-7-14-10-12-15(13-11-14)16-8-5-4-6-9-17(16)18/h10-13,16H,2-9H2,1H3. The van der Waals surface area contributed by atoms with E-state index in [0.717, 1.165) is 25.7 Å². The van der Waals surface area contributed by atoms with Crippen LogP contribution in [-0.2, 0) is 11.2 Å². The van der Waals surface area contributed by atoms with E-state index in [0.29, 0.717) is 5.78 Å². The summed E-state index contributed by atoms with van der Waals surface area (Å²) in [6.07, 6.45) is 8.99. The summed E-state index contributed by atoms with van der Waals surface area (Å²) in [7, 11) is 0. The molecule has 0 saturated heterocycles. The van der Waals surface area contributed by atoms with Gasteiger partial charge in [0.25, 0.3) is 0 Å². The third kappa shape index (κ3) is 3.44. The van der Waals surface area contributed by atoms with Gasteiger partial charge in [0.1, 0.15) is 5.78 Å². The molecule has 1 nitrogen and oxygen atoms in total. The Morgan fingerprint density at radius 2 is 1.89 bits per heavy atom. The van der Waals surface area contributed by atoms with Crippen LogP contribution in [0.2, 0.25) is 0 Å². The van der Waals surface area contributed by atoms with Gasteiger partial charge in [-0.15, -0.1) is 0 Å². The fourth-order valence-electron chi connectivity index (χ4n) is 2.81. The van der Waals surface area contributed by atoms with Crippen LogP contribution in [0.15, 0.2) is 24.3 Å². The monoisotopic (exact) mass is 244 g/mol. The number of benzene rings is 1. The summed E-state index contributed by atoms with van der Waals surface area (Å²) in [5.41, 5.74) is 2.64. The van der Waals surface area contributed by atoms with Gasteiger partial charge in [0.05, 0.1) is 0 Å². The average molecular weight is 244 g/mol. The van der Waals surface area contributed by atoms with Gasteiger partial charge in [0, 0.05) is 12.3 Å². The van der Waals surface area contributed by atoms with Crippen molar-refractivity contribution in [3.05, 3.63) is 35.4 Å². The highest BCUT2D eigenvalue weighted by atomic mass is 16.1. The fourth-order valence-corrected chi connectivity index (χ4v) is 2.81. The molecular formula is C17H24O. The van der Waals surface area contributed by atoms with Gasteiger partial charge in [-0.2, -0.15) is 0 Å². The summed E-state index contributed by atoms with van der Waals surface area (Å²) >= 11 is 0. The molecule has 1 atom stereocenters. The second kappa shape index (κ2) is 6.72. The Labute approximate surface area is 111 Å². The van der Waals surface area contributed by atoms with E-state index in [2.05, 4.69) is 31.2 Å². The topological polar surface area (TPSA) is 17.1 Å². The summed E-state index contributed by atoms with van der Waals surface area (Å²) in [4.78, 5) is 12.1. The molecule has 2 rings (SSSR count). The molecule has 0 amide bonds. The lowest BCUT2D eigenvalue weighted by atomic mass is 9.90. The first-order valence-electron chi connectivity index (χ1n) is 7.43. The zero-order valence-corrected chi connectivity index (χ0v) is 11.5. The Morgan fingerprint density at radius 3 is 2.61 bits per heavy atom. The predicted molar refractivity (Wildman–Crippen MR) is 75.9 cm³/mol. The first-order valence-corrected chi connectivity index (χ1v) is 7.43. The third-order valence-electron chi connectivity index (χ3n) is 4.01. The summed E-state index contributed by atoms with van der Waals surface area (Å²) in [6, 6.07) is 8.78. The molecule has 0 aliphatic heterocycles. The van der Waals surface area contributed by atoms with Crippen molar-refractivity contribution >= 4 is 5.78 Å². The molecular weight excluding hydrogens is 220 g/mol. The van der Waals surface area contributed by atoms with Crippen LogP contribution in [0.1, 0.15) is 68.9 Å². The Hall–Kier alpha value is -1.11. The minimum atomic E-state index is 0.174. The number of hydrogen-bond donors (Lipinski definition) is 0. The largest absolute Gasteiger partial charge is 0.299 e. The SMILES string of the molecule is CCCCc1ccc(C2CCCCCC2=O)cc1. The van der Waals surface area contributed by atoms with E-state index in [1.165, 1.54) is 36.8 Å². The molecule has 0 N–H and O–H groups in total. The van der Waals surface area contributed by atoms with Crippen LogP contribution in [0, 0.1) is 0 Å². The minimum absolute atomic E-state index is 0.174. The van der Waals surface area contributed by atoms with E-state index in [1.807, 2.05) is 0 Å². The minimum Gasteiger partial charge on any atom is -0.299 e.